The van der Waals surface area contributed by atoms with Gasteiger partial charge in [0, 0.05) is 6.42 Å². The maximum Gasteiger partial charge on any atom is 0.320 e. The first-order valence-corrected chi connectivity index (χ1v) is 20.2. The van der Waals surface area contributed by atoms with Crippen LogP contribution in [0.15, 0.2) is 11.6 Å². The van der Waals surface area contributed by atoms with E-state index < -0.39 is 0 Å². The van der Waals surface area contributed by atoms with E-state index in [1.165, 1.54) is 122 Å². The van der Waals surface area contributed by atoms with Gasteiger partial charge in [-0.2, -0.15) is 0 Å². The van der Waals surface area contributed by atoms with Gasteiger partial charge >= 0.3 is 5.97 Å². The third kappa shape index (κ3) is 9.63. The molecule has 260 valence electrons. The van der Waals surface area contributed by atoms with Crippen molar-refractivity contribution >= 4 is 5.97 Å². The van der Waals surface area contributed by atoms with Crippen LogP contribution in [0.5, 0.6) is 0 Å². The summed E-state index contributed by atoms with van der Waals surface area (Å²) in [4.78, 5) is 15.1. The van der Waals surface area contributed by atoms with Gasteiger partial charge in [0.1, 0.15) is 6.10 Å². The molecular formula is C42H75NO2. The van der Waals surface area contributed by atoms with Crippen molar-refractivity contribution in [1.29, 1.82) is 0 Å². The lowest BCUT2D eigenvalue weighted by molar-refractivity contribution is -0.152. The van der Waals surface area contributed by atoms with E-state index in [0.29, 0.717) is 17.4 Å². The number of nitrogens with zero attached hydrogens (tertiary/aromatic N) is 1. The SMILES string of the molecule is CCCCCCCCCCCCN(C)CC(=O)OC1CC[C@@]2(C)C(=CCC3C2CC[C@@]2(C)C3CC[C@@H]2[C@H](C)CCCC(C)C)C1. The van der Waals surface area contributed by atoms with E-state index in [1.54, 1.807) is 5.57 Å². The Balaban J connectivity index is 1.19. The topological polar surface area (TPSA) is 29.5 Å². The average Bonchev–Trinajstić information content (AvgIpc) is 3.35. The predicted octanol–water partition coefficient (Wildman–Crippen LogP) is 11.8. The summed E-state index contributed by atoms with van der Waals surface area (Å²) in [5.41, 5.74) is 2.50. The number of likely N-dealkylation sites (N-methyl/N-ethyl adjacent to an activating group) is 1. The summed E-state index contributed by atoms with van der Waals surface area (Å²) >= 11 is 0. The minimum Gasteiger partial charge on any atom is -0.461 e. The summed E-state index contributed by atoms with van der Waals surface area (Å²) in [7, 11) is 2.09. The highest BCUT2D eigenvalue weighted by Crippen LogP contribution is 2.67. The van der Waals surface area contributed by atoms with Gasteiger partial charge in [0.15, 0.2) is 0 Å². The summed E-state index contributed by atoms with van der Waals surface area (Å²) in [6, 6.07) is 0. The number of rotatable bonds is 19. The van der Waals surface area contributed by atoms with Crippen molar-refractivity contribution in [2.75, 3.05) is 20.1 Å². The quantitative estimate of drug-likeness (QED) is 0.0812. The first-order valence-electron chi connectivity index (χ1n) is 20.2. The molecule has 4 unspecified atom stereocenters. The Morgan fingerprint density at radius 1 is 0.867 bits per heavy atom. The number of carbonyl (C=O) groups excluding carboxylic acids is 1. The van der Waals surface area contributed by atoms with Crippen LogP contribution in [-0.2, 0) is 9.53 Å². The fourth-order valence-corrected chi connectivity index (χ4v) is 11.1. The smallest absolute Gasteiger partial charge is 0.320 e. The Hall–Kier alpha value is -0.830. The van der Waals surface area contributed by atoms with Gasteiger partial charge in [-0.05, 0) is 111 Å². The van der Waals surface area contributed by atoms with Gasteiger partial charge in [-0.3, -0.25) is 9.69 Å². The summed E-state index contributed by atoms with van der Waals surface area (Å²) in [6.45, 7) is 16.4. The van der Waals surface area contributed by atoms with Gasteiger partial charge in [0.05, 0.1) is 6.54 Å². The number of carbonyl (C=O) groups is 1. The highest BCUT2D eigenvalue weighted by Gasteiger charge is 2.59. The zero-order valence-corrected chi connectivity index (χ0v) is 31.1. The lowest BCUT2D eigenvalue weighted by Gasteiger charge is -2.58. The van der Waals surface area contributed by atoms with Gasteiger partial charge < -0.3 is 4.74 Å². The molecule has 0 bridgehead atoms. The molecule has 8 atom stereocenters. The second-order valence-corrected chi connectivity index (χ2v) is 17.6. The van der Waals surface area contributed by atoms with E-state index >= 15 is 0 Å². The van der Waals surface area contributed by atoms with Crippen LogP contribution in [0.4, 0.5) is 0 Å². The molecule has 4 aliphatic carbocycles. The van der Waals surface area contributed by atoms with Gasteiger partial charge in [0.2, 0.25) is 0 Å². The van der Waals surface area contributed by atoms with Crippen molar-refractivity contribution in [3.05, 3.63) is 11.6 Å². The molecule has 3 nitrogen and oxygen atoms in total. The monoisotopic (exact) mass is 626 g/mol. The number of fused-ring (bicyclic) bond motifs is 5. The first-order chi connectivity index (χ1) is 21.6. The molecule has 0 aliphatic heterocycles. The van der Waals surface area contributed by atoms with Crippen molar-refractivity contribution < 1.29 is 9.53 Å². The van der Waals surface area contributed by atoms with Crippen LogP contribution in [0.1, 0.15) is 176 Å². The molecule has 0 heterocycles. The van der Waals surface area contributed by atoms with Crippen molar-refractivity contribution in [2.45, 2.75) is 182 Å². The molecule has 0 spiro atoms. The number of ether oxygens (including phenoxy) is 1. The van der Waals surface area contributed by atoms with E-state index in [9.17, 15) is 4.79 Å². The summed E-state index contributed by atoms with van der Waals surface area (Å²) in [5, 5.41) is 0. The Morgan fingerprint density at radius 2 is 1.56 bits per heavy atom. The molecule has 4 rings (SSSR count). The van der Waals surface area contributed by atoms with Crippen molar-refractivity contribution in [1.82, 2.24) is 4.90 Å². The molecule has 0 radical (unpaired) electrons. The minimum atomic E-state index is -0.0135. The van der Waals surface area contributed by atoms with E-state index in [1.807, 2.05) is 0 Å². The standard InChI is InChI=1S/C42H75NO2/c1-8-9-10-11-12-13-14-15-16-17-29-43(7)31-40(44)45-35-25-27-41(5)34(30-35)21-22-36-38-24-23-37(33(4)20-18-19-32(2)3)42(38,6)28-26-39(36)41/h21,32-33,35-39H,8-20,22-31H2,1-7H3/t33-,35?,36?,37-,38?,39?,41+,42-/m1/s1. The Morgan fingerprint density at radius 3 is 2.24 bits per heavy atom. The van der Waals surface area contributed by atoms with Gasteiger partial charge in [-0.15, -0.1) is 0 Å². The molecular weight excluding hydrogens is 550 g/mol. The molecule has 0 aromatic rings. The first kappa shape index (κ1) is 37.0. The molecule has 0 N–H and O–H groups in total. The maximum atomic E-state index is 12.9. The number of esters is 1. The number of hydrogen-bond acceptors (Lipinski definition) is 3. The van der Waals surface area contributed by atoms with Crippen LogP contribution >= 0.6 is 0 Å². The molecule has 3 saturated carbocycles. The highest BCUT2D eigenvalue weighted by atomic mass is 16.5. The van der Waals surface area contributed by atoms with E-state index in [4.69, 9.17) is 4.74 Å². The van der Waals surface area contributed by atoms with Crippen LogP contribution in [0.25, 0.3) is 0 Å². The van der Waals surface area contributed by atoms with Crippen LogP contribution in [0, 0.1) is 46.3 Å². The summed E-state index contributed by atoms with van der Waals surface area (Å²) < 4.78 is 6.14. The lowest BCUT2D eigenvalue weighted by atomic mass is 9.47. The fraction of sp³-hybridized carbons (Fsp3) is 0.929. The van der Waals surface area contributed by atoms with E-state index in [2.05, 4.69) is 59.6 Å². The second kappa shape index (κ2) is 17.5. The molecule has 45 heavy (non-hydrogen) atoms. The van der Waals surface area contributed by atoms with Gasteiger partial charge in [-0.1, -0.05) is 130 Å². The van der Waals surface area contributed by atoms with Gasteiger partial charge in [-0.25, -0.2) is 0 Å². The molecule has 0 aromatic carbocycles. The van der Waals surface area contributed by atoms with E-state index in [-0.39, 0.29) is 12.1 Å². The fourth-order valence-electron chi connectivity index (χ4n) is 11.1. The number of allylic oxidation sites excluding steroid dienone is 1. The van der Waals surface area contributed by atoms with Gasteiger partial charge in [0.25, 0.3) is 0 Å². The molecule has 0 saturated heterocycles. The largest absolute Gasteiger partial charge is 0.461 e. The predicted molar refractivity (Wildman–Crippen MR) is 192 cm³/mol. The minimum absolute atomic E-state index is 0.0135. The zero-order valence-electron chi connectivity index (χ0n) is 31.1. The van der Waals surface area contributed by atoms with Crippen molar-refractivity contribution in [2.24, 2.45) is 46.3 Å². The average molecular weight is 626 g/mol. The lowest BCUT2D eigenvalue weighted by Crippen LogP contribution is -2.51. The Labute approximate surface area is 280 Å². The number of unbranched alkanes of at least 4 members (excludes halogenated alkanes) is 9. The zero-order chi connectivity index (χ0) is 32.5. The van der Waals surface area contributed by atoms with Crippen LogP contribution in [0.3, 0.4) is 0 Å². The second-order valence-electron chi connectivity index (χ2n) is 17.6. The molecule has 4 aliphatic rings. The normalized spacial score (nSPS) is 33.4. The third-order valence-corrected chi connectivity index (χ3v) is 13.9. The number of hydrogen-bond donors (Lipinski definition) is 0. The molecule has 3 fully saturated rings. The van der Waals surface area contributed by atoms with Crippen LogP contribution in [0.2, 0.25) is 0 Å². The van der Waals surface area contributed by atoms with Crippen molar-refractivity contribution in [3.63, 3.8) is 0 Å². The Kier molecular flexibility index (Phi) is 14.4. The molecule has 3 heteroatoms. The summed E-state index contributed by atoms with van der Waals surface area (Å²) in [5.74, 6) is 5.22. The summed E-state index contributed by atoms with van der Waals surface area (Å²) in [6.07, 6.45) is 30.7. The van der Waals surface area contributed by atoms with Crippen LogP contribution < -0.4 is 0 Å². The molecule has 0 amide bonds. The van der Waals surface area contributed by atoms with E-state index in [0.717, 1.165) is 54.9 Å². The highest BCUT2D eigenvalue weighted by molar-refractivity contribution is 5.71. The van der Waals surface area contributed by atoms with Crippen molar-refractivity contribution in [3.8, 4) is 0 Å². The Bertz CT molecular complexity index is 926. The molecule has 0 aromatic heterocycles. The van der Waals surface area contributed by atoms with Crippen LogP contribution in [-0.4, -0.2) is 37.1 Å². The third-order valence-electron chi connectivity index (χ3n) is 13.9. The maximum absolute atomic E-state index is 12.9.